The van der Waals surface area contributed by atoms with Crippen LogP contribution in [0.1, 0.15) is 54.1 Å². The topological polar surface area (TPSA) is 53.4 Å². The molecule has 4 nitrogen and oxygen atoms in total. The van der Waals surface area contributed by atoms with Gasteiger partial charge in [-0.25, -0.2) is 22.9 Å². The number of carboxylic acids is 1. The molecule has 2 aromatic carbocycles. The van der Waals surface area contributed by atoms with Crippen molar-refractivity contribution in [2.45, 2.75) is 51.9 Å². The summed E-state index contributed by atoms with van der Waals surface area (Å²) in [4.78, 5) is 18.0. The highest BCUT2D eigenvalue weighted by molar-refractivity contribution is 7.15. The Kier molecular flexibility index (Phi) is 6.88. The molecular weight excluding hydrogens is 473 g/mol. The number of hydrogen-bond donors (Lipinski definition) is 1. The molecule has 0 bridgehead atoms. The molecule has 35 heavy (non-hydrogen) atoms. The molecule has 0 saturated heterocycles. The summed E-state index contributed by atoms with van der Waals surface area (Å²) in [7, 11) is 0. The van der Waals surface area contributed by atoms with Crippen molar-refractivity contribution in [1.82, 2.24) is 9.88 Å². The first-order valence-electron chi connectivity index (χ1n) is 11.3. The van der Waals surface area contributed by atoms with E-state index in [1.807, 2.05) is 43.1 Å². The molecule has 3 aromatic rings. The Labute approximate surface area is 206 Å². The predicted octanol–water partition coefficient (Wildman–Crippen LogP) is 6.58. The van der Waals surface area contributed by atoms with E-state index in [-0.39, 0.29) is 23.7 Å². The Balaban J connectivity index is 1.86. The van der Waals surface area contributed by atoms with Crippen LogP contribution < -0.4 is 0 Å². The Bertz CT molecular complexity index is 1270. The van der Waals surface area contributed by atoms with Crippen molar-refractivity contribution >= 4 is 23.4 Å². The van der Waals surface area contributed by atoms with Crippen LogP contribution >= 0.6 is 11.3 Å². The molecular formula is C27H27F3N2O2S. The summed E-state index contributed by atoms with van der Waals surface area (Å²) < 4.78 is 45.7. The number of halogens is 3. The van der Waals surface area contributed by atoms with Gasteiger partial charge in [-0.05, 0) is 80.6 Å². The summed E-state index contributed by atoms with van der Waals surface area (Å²) >= 11 is 1.57. The van der Waals surface area contributed by atoms with Gasteiger partial charge in [0.25, 0.3) is 0 Å². The molecule has 0 amide bonds. The highest BCUT2D eigenvalue weighted by Gasteiger charge is 2.39. The number of hydrogen-bond acceptors (Lipinski definition) is 4. The Morgan fingerprint density at radius 2 is 1.94 bits per heavy atom. The quantitative estimate of drug-likeness (QED) is 0.389. The number of fused-ring (bicyclic) bond motifs is 1. The van der Waals surface area contributed by atoms with Crippen LogP contribution in [0.2, 0.25) is 0 Å². The van der Waals surface area contributed by atoms with Crippen LogP contribution in [0.3, 0.4) is 0 Å². The summed E-state index contributed by atoms with van der Waals surface area (Å²) in [5.41, 5.74) is 1.01. The zero-order valence-electron chi connectivity index (χ0n) is 20.0. The van der Waals surface area contributed by atoms with Gasteiger partial charge in [0, 0.05) is 30.4 Å². The normalized spacial score (nSPS) is 18.7. The number of aliphatic carboxylic acids is 1. The van der Waals surface area contributed by atoms with Crippen molar-refractivity contribution in [1.29, 1.82) is 0 Å². The van der Waals surface area contributed by atoms with Crippen LogP contribution in [0.25, 0.3) is 16.5 Å². The summed E-state index contributed by atoms with van der Waals surface area (Å²) in [6.07, 6.45) is 4.39. The first-order valence-corrected chi connectivity index (χ1v) is 12.1. The number of carboxylic acid groups (broad SMARTS) is 1. The second-order valence-corrected chi connectivity index (χ2v) is 10.8. The SMILES string of the molecule is Cc1ncc(-c2ccc3c(c2)C[C@@H](C)N(CC(C)(C)F)[C@@H]3c2c(F)cc(/C=C/C(=O)O)cc2F)s1. The lowest BCUT2D eigenvalue weighted by atomic mass is 9.83. The second-order valence-electron chi connectivity index (χ2n) is 9.57. The smallest absolute Gasteiger partial charge is 0.328 e. The molecule has 1 aliphatic heterocycles. The Hall–Kier alpha value is -2.97. The van der Waals surface area contributed by atoms with Gasteiger partial charge in [-0.3, -0.25) is 4.90 Å². The maximum absolute atomic E-state index is 15.4. The van der Waals surface area contributed by atoms with E-state index in [2.05, 4.69) is 4.98 Å². The van der Waals surface area contributed by atoms with Gasteiger partial charge in [0.05, 0.1) is 15.9 Å². The average molecular weight is 501 g/mol. The van der Waals surface area contributed by atoms with E-state index in [1.54, 1.807) is 11.3 Å². The summed E-state index contributed by atoms with van der Waals surface area (Å²) in [6.45, 7) is 6.77. The number of benzene rings is 2. The second kappa shape index (κ2) is 9.59. The van der Waals surface area contributed by atoms with E-state index in [1.165, 1.54) is 13.8 Å². The molecule has 1 aromatic heterocycles. The van der Waals surface area contributed by atoms with Gasteiger partial charge in [-0.2, -0.15) is 0 Å². The van der Waals surface area contributed by atoms with Gasteiger partial charge >= 0.3 is 5.97 Å². The third-order valence-electron chi connectivity index (χ3n) is 6.11. The zero-order valence-corrected chi connectivity index (χ0v) is 20.8. The van der Waals surface area contributed by atoms with Crippen molar-refractivity contribution < 1.29 is 23.1 Å². The highest BCUT2D eigenvalue weighted by Crippen LogP contribution is 2.42. The number of nitrogens with zero attached hydrogens (tertiary/aromatic N) is 2. The van der Waals surface area contributed by atoms with E-state index in [0.717, 1.165) is 50.9 Å². The zero-order chi connectivity index (χ0) is 25.5. The van der Waals surface area contributed by atoms with Crippen molar-refractivity contribution in [3.8, 4) is 10.4 Å². The molecule has 0 fully saturated rings. The molecule has 184 valence electrons. The number of rotatable bonds is 6. The van der Waals surface area contributed by atoms with Crippen LogP contribution in [-0.2, 0) is 11.2 Å². The van der Waals surface area contributed by atoms with Crippen LogP contribution in [0, 0.1) is 18.6 Å². The number of thiazole rings is 1. The molecule has 4 rings (SSSR count). The fraction of sp³-hybridized carbons (Fsp3) is 0.333. The van der Waals surface area contributed by atoms with E-state index >= 15 is 8.78 Å². The maximum atomic E-state index is 15.4. The van der Waals surface area contributed by atoms with Gasteiger partial charge in [-0.1, -0.05) is 12.1 Å². The molecule has 1 N–H and O–H groups in total. The summed E-state index contributed by atoms with van der Waals surface area (Å²) in [5, 5.41) is 9.79. The van der Waals surface area contributed by atoms with Crippen LogP contribution in [-0.4, -0.2) is 39.2 Å². The fourth-order valence-corrected chi connectivity index (χ4v) is 5.47. The standard InChI is InChI=1S/C27H27F3N2O2S/c1-15-9-19-12-18(23-13-31-16(2)35-23)6-7-20(19)26(32(15)14-27(3,4)30)25-21(28)10-17(11-22(25)29)5-8-24(33)34/h5-8,10-13,15,26H,9,14H2,1-4H3,(H,33,34)/b8-5+/t15-,26+/m1/s1. The van der Waals surface area contributed by atoms with Crippen molar-refractivity contribution in [3.05, 3.63) is 81.5 Å². The highest BCUT2D eigenvalue weighted by atomic mass is 32.1. The predicted molar refractivity (Wildman–Crippen MR) is 132 cm³/mol. The Morgan fingerprint density at radius 3 is 2.51 bits per heavy atom. The van der Waals surface area contributed by atoms with E-state index in [9.17, 15) is 9.18 Å². The number of aromatic nitrogens is 1. The number of alkyl halides is 1. The molecule has 2 atom stereocenters. The number of aryl methyl sites for hydroxylation is 1. The van der Waals surface area contributed by atoms with Crippen LogP contribution in [0.4, 0.5) is 13.2 Å². The van der Waals surface area contributed by atoms with E-state index in [4.69, 9.17) is 5.11 Å². The van der Waals surface area contributed by atoms with E-state index in [0.29, 0.717) is 6.42 Å². The van der Waals surface area contributed by atoms with Gasteiger partial charge < -0.3 is 5.11 Å². The third kappa shape index (κ3) is 5.49. The first-order chi connectivity index (χ1) is 16.4. The van der Waals surface area contributed by atoms with E-state index < -0.39 is 29.3 Å². The van der Waals surface area contributed by atoms with Gasteiger partial charge in [0.1, 0.15) is 17.3 Å². The third-order valence-corrected chi connectivity index (χ3v) is 7.07. The molecule has 1 aliphatic rings. The molecule has 0 spiro atoms. The minimum Gasteiger partial charge on any atom is -0.478 e. The first kappa shape index (κ1) is 25.1. The Morgan fingerprint density at radius 1 is 1.26 bits per heavy atom. The molecule has 8 heteroatoms. The minimum atomic E-state index is -1.58. The summed E-state index contributed by atoms with van der Waals surface area (Å²) in [5.74, 6) is -2.82. The molecule has 2 heterocycles. The molecule has 0 radical (unpaired) electrons. The van der Waals surface area contributed by atoms with Crippen LogP contribution in [0.15, 0.2) is 42.6 Å². The van der Waals surface area contributed by atoms with Crippen molar-refractivity contribution in [3.63, 3.8) is 0 Å². The summed E-state index contributed by atoms with van der Waals surface area (Å²) in [6, 6.07) is 7.03. The van der Waals surface area contributed by atoms with Crippen molar-refractivity contribution in [2.24, 2.45) is 0 Å². The van der Waals surface area contributed by atoms with Gasteiger partial charge in [0.2, 0.25) is 0 Å². The lowest BCUT2D eigenvalue weighted by Crippen LogP contribution is -2.48. The van der Waals surface area contributed by atoms with Gasteiger partial charge in [-0.15, -0.1) is 11.3 Å². The average Bonchev–Trinajstić information content (AvgIpc) is 3.19. The fourth-order valence-electron chi connectivity index (χ4n) is 4.70. The molecule has 0 aliphatic carbocycles. The molecule has 0 saturated carbocycles. The largest absolute Gasteiger partial charge is 0.478 e. The maximum Gasteiger partial charge on any atom is 0.328 e. The van der Waals surface area contributed by atoms with Gasteiger partial charge in [0.15, 0.2) is 0 Å². The minimum absolute atomic E-state index is 0.00634. The lowest BCUT2D eigenvalue weighted by molar-refractivity contribution is -0.131. The number of carbonyl (C=O) groups is 1. The lowest BCUT2D eigenvalue weighted by Gasteiger charge is -2.44. The van der Waals surface area contributed by atoms with Crippen molar-refractivity contribution in [2.75, 3.05) is 6.54 Å². The monoisotopic (exact) mass is 500 g/mol. The molecule has 0 unspecified atom stereocenters. The van der Waals surface area contributed by atoms with Crippen LogP contribution in [0.5, 0.6) is 0 Å².